The van der Waals surface area contributed by atoms with Crippen molar-refractivity contribution in [1.29, 1.82) is 5.26 Å². The van der Waals surface area contributed by atoms with Crippen molar-refractivity contribution in [3.8, 4) is 34.1 Å². The van der Waals surface area contributed by atoms with Gasteiger partial charge in [-0.25, -0.2) is 9.37 Å². The van der Waals surface area contributed by atoms with Crippen LogP contribution < -0.4 is 5.56 Å². The predicted octanol–water partition coefficient (Wildman–Crippen LogP) is 5.38. The fraction of sp³-hybridized carbons (Fsp3) is 0.0667. The van der Waals surface area contributed by atoms with Gasteiger partial charge in [0, 0.05) is 29.3 Å². The lowest BCUT2D eigenvalue weighted by Crippen LogP contribution is -2.27. The van der Waals surface area contributed by atoms with Crippen molar-refractivity contribution in [1.82, 2.24) is 34.7 Å². The number of benzene rings is 3. The molecule has 3 aromatic heterocycles. The van der Waals surface area contributed by atoms with Crippen LogP contribution in [0.5, 0.6) is 0 Å². The molecule has 9 nitrogen and oxygen atoms in total. The second-order valence-electron chi connectivity index (χ2n) is 9.29. The van der Waals surface area contributed by atoms with Crippen molar-refractivity contribution in [2.45, 2.75) is 12.5 Å². The van der Waals surface area contributed by atoms with E-state index in [4.69, 9.17) is 16.9 Å². The number of rotatable bonds is 7. The number of H-pyrrole nitrogens is 1. The Morgan fingerprint density at radius 3 is 2.51 bits per heavy atom. The van der Waals surface area contributed by atoms with E-state index in [2.05, 4.69) is 31.6 Å². The Morgan fingerprint density at radius 2 is 1.80 bits per heavy atom. The number of halogens is 2. The minimum atomic E-state index is -0.521. The molecule has 6 aromatic rings. The molecule has 0 saturated heterocycles. The molecule has 41 heavy (non-hydrogen) atoms. The summed E-state index contributed by atoms with van der Waals surface area (Å²) in [6.07, 6.45) is 5.25. The maximum atomic E-state index is 13.7. The number of tetrazole rings is 1. The highest BCUT2D eigenvalue weighted by molar-refractivity contribution is 6.31. The van der Waals surface area contributed by atoms with E-state index in [1.165, 1.54) is 29.2 Å². The van der Waals surface area contributed by atoms with E-state index in [-0.39, 0.29) is 11.4 Å². The first-order chi connectivity index (χ1) is 20.0. The van der Waals surface area contributed by atoms with Gasteiger partial charge in [-0.15, -0.1) is 5.10 Å². The largest absolute Gasteiger partial charge is 0.340 e. The van der Waals surface area contributed by atoms with Crippen LogP contribution in [0.3, 0.4) is 0 Å². The average Bonchev–Trinajstić information content (AvgIpc) is 3.71. The SMILES string of the molecule is N#Cc1ccc(-c2cnc(C(Cc3ccc(F)cc3)n3ccc(-c4cc(Cl)ccc4-n4cnnn4)cc3=O)[nH]2)cc1. The van der Waals surface area contributed by atoms with Crippen LogP contribution in [0.15, 0.2) is 102 Å². The number of nitriles is 1. The topological polar surface area (TPSA) is 118 Å². The van der Waals surface area contributed by atoms with E-state index < -0.39 is 6.04 Å². The summed E-state index contributed by atoms with van der Waals surface area (Å²) in [4.78, 5) is 21.6. The number of imidazole rings is 1. The van der Waals surface area contributed by atoms with Gasteiger partial charge < -0.3 is 9.55 Å². The van der Waals surface area contributed by atoms with E-state index in [0.717, 1.165) is 16.8 Å². The van der Waals surface area contributed by atoms with Gasteiger partial charge in [-0.2, -0.15) is 9.94 Å². The summed E-state index contributed by atoms with van der Waals surface area (Å²) >= 11 is 6.30. The number of hydrogen-bond acceptors (Lipinski definition) is 6. The lowest BCUT2D eigenvalue weighted by Gasteiger charge is -2.19. The zero-order valence-corrected chi connectivity index (χ0v) is 22.1. The summed E-state index contributed by atoms with van der Waals surface area (Å²) in [6, 6.07) is 23.5. The molecule has 0 radical (unpaired) electrons. The molecule has 0 fully saturated rings. The van der Waals surface area contributed by atoms with E-state index in [9.17, 15) is 9.18 Å². The van der Waals surface area contributed by atoms with E-state index in [1.54, 1.807) is 59.4 Å². The molecule has 0 aliphatic heterocycles. The smallest absolute Gasteiger partial charge is 0.251 e. The van der Waals surface area contributed by atoms with E-state index >= 15 is 0 Å². The molecule has 3 heterocycles. The Labute approximate surface area is 238 Å². The van der Waals surface area contributed by atoms with Gasteiger partial charge in [0.15, 0.2) is 0 Å². The van der Waals surface area contributed by atoms with Gasteiger partial charge in [0.1, 0.15) is 18.0 Å². The van der Waals surface area contributed by atoms with Crippen molar-refractivity contribution in [2.75, 3.05) is 0 Å². The molecule has 11 heteroatoms. The van der Waals surface area contributed by atoms with Crippen molar-refractivity contribution >= 4 is 11.6 Å². The van der Waals surface area contributed by atoms with Gasteiger partial charge in [-0.3, -0.25) is 4.79 Å². The van der Waals surface area contributed by atoms with Gasteiger partial charge >= 0.3 is 0 Å². The normalized spacial score (nSPS) is 11.7. The molecule has 0 aliphatic carbocycles. The Kier molecular flexibility index (Phi) is 6.93. The Hall–Kier alpha value is -5.40. The molecule has 200 valence electrons. The standard InChI is InChI=1S/C30H20ClFN8O/c31-23-7-10-27(40-18-35-37-38-40)25(15-23)22-11-12-39(29(41)14-22)28(13-19-3-8-24(32)9-4-19)30-34-17-26(36-30)21-5-1-20(16-33)2-6-21/h1-12,14-15,17-18,28H,13H2,(H,34,36). The van der Waals surface area contributed by atoms with Crippen molar-refractivity contribution in [3.63, 3.8) is 0 Å². The lowest BCUT2D eigenvalue weighted by atomic mass is 10.0. The van der Waals surface area contributed by atoms with Crippen LogP contribution in [0.2, 0.25) is 5.02 Å². The van der Waals surface area contributed by atoms with Gasteiger partial charge in [-0.1, -0.05) is 35.9 Å². The van der Waals surface area contributed by atoms with Gasteiger partial charge in [0.2, 0.25) is 0 Å². The summed E-state index contributed by atoms with van der Waals surface area (Å²) in [5.74, 6) is 0.216. The molecule has 1 atom stereocenters. The highest BCUT2D eigenvalue weighted by atomic mass is 35.5. The predicted molar refractivity (Wildman–Crippen MR) is 151 cm³/mol. The molecule has 0 aliphatic rings. The molecule has 1 N–H and O–H groups in total. The summed E-state index contributed by atoms with van der Waals surface area (Å²) in [7, 11) is 0. The first-order valence-corrected chi connectivity index (χ1v) is 12.9. The van der Waals surface area contributed by atoms with Gasteiger partial charge in [0.25, 0.3) is 5.56 Å². The van der Waals surface area contributed by atoms with Crippen molar-refractivity contribution in [2.24, 2.45) is 0 Å². The summed E-state index contributed by atoms with van der Waals surface area (Å²) < 4.78 is 16.7. The maximum absolute atomic E-state index is 13.7. The van der Waals surface area contributed by atoms with Crippen molar-refractivity contribution in [3.05, 3.63) is 136 Å². The molecule has 3 aromatic carbocycles. The van der Waals surface area contributed by atoms with Crippen LogP contribution in [0.4, 0.5) is 4.39 Å². The minimum absolute atomic E-state index is 0.270. The van der Waals surface area contributed by atoms with Crippen LogP contribution in [-0.2, 0) is 6.42 Å². The Morgan fingerprint density at radius 1 is 1.00 bits per heavy atom. The molecule has 0 spiro atoms. The van der Waals surface area contributed by atoms with Gasteiger partial charge in [-0.05, 0) is 75.6 Å². The highest BCUT2D eigenvalue weighted by Gasteiger charge is 2.21. The highest BCUT2D eigenvalue weighted by Crippen LogP contribution is 2.30. The molecule has 0 saturated carbocycles. The fourth-order valence-corrected chi connectivity index (χ4v) is 4.85. The molecular formula is C30H20ClFN8O. The lowest BCUT2D eigenvalue weighted by molar-refractivity contribution is 0.536. The van der Waals surface area contributed by atoms with Crippen LogP contribution in [0, 0.1) is 17.1 Å². The second-order valence-corrected chi connectivity index (χ2v) is 9.73. The molecule has 0 bridgehead atoms. The first-order valence-electron chi connectivity index (χ1n) is 12.5. The number of aromatic amines is 1. The Balaban J connectivity index is 1.41. The second kappa shape index (κ2) is 11.0. The molecular weight excluding hydrogens is 543 g/mol. The molecule has 6 rings (SSSR count). The summed E-state index contributed by atoms with van der Waals surface area (Å²) in [6.45, 7) is 0. The molecule has 0 amide bonds. The third-order valence-electron chi connectivity index (χ3n) is 6.73. The quantitative estimate of drug-likeness (QED) is 0.279. The van der Waals surface area contributed by atoms with Crippen LogP contribution in [0.25, 0.3) is 28.1 Å². The number of pyridine rings is 1. The number of hydrogen-bond donors (Lipinski definition) is 1. The Bertz CT molecular complexity index is 1920. The fourth-order valence-electron chi connectivity index (χ4n) is 4.67. The third-order valence-corrected chi connectivity index (χ3v) is 6.96. The summed E-state index contributed by atoms with van der Waals surface area (Å²) in [5.41, 5.74) is 4.69. The number of nitrogens with zero attached hydrogens (tertiary/aromatic N) is 7. The number of nitrogens with one attached hydrogen (secondary N) is 1. The van der Waals surface area contributed by atoms with E-state index in [1.807, 2.05) is 18.2 Å². The van der Waals surface area contributed by atoms with Crippen LogP contribution in [0.1, 0.15) is 23.0 Å². The number of aromatic nitrogens is 7. The van der Waals surface area contributed by atoms with E-state index in [0.29, 0.717) is 39.6 Å². The third kappa shape index (κ3) is 5.39. The monoisotopic (exact) mass is 562 g/mol. The minimum Gasteiger partial charge on any atom is -0.340 e. The van der Waals surface area contributed by atoms with Crippen LogP contribution in [-0.4, -0.2) is 34.7 Å². The van der Waals surface area contributed by atoms with Gasteiger partial charge in [0.05, 0.1) is 35.3 Å². The average molecular weight is 563 g/mol. The molecule has 1 unspecified atom stereocenters. The first kappa shape index (κ1) is 25.9. The van der Waals surface area contributed by atoms with Crippen molar-refractivity contribution < 1.29 is 4.39 Å². The van der Waals surface area contributed by atoms with Crippen LogP contribution >= 0.6 is 11.6 Å². The summed E-state index contributed by atoms with van der Waals surface area (Å²) in [5, 5.41) is 21.0. The maximum Gasteiger partial charge on any atom is 0.251 e. The zero-order chi connectivity index (χ0) is 28.3. The zero-order valence-electron chi connectivity index (χ0n) is 21.3.